The van der Waals surface area contributed by atoms with Gasteiger partial charge in [-0.3, -0.25) is 4.90 Å². The van der Waals surface area contributed by atoms with E-state index in [1.807, 2.05) is 13.8 Å². The first-order valence-corrected chi connectivity index (χ1v) is 6.40. The second kappa shape index (κ2) is 8.31. The van der Waals surface area contributed by atoms with Crippen molar-refractivity contribution < 1.29 is 17.9 Å². The van der Waals surface area contributed by atoms with Gasteiger partial charge in [0.2, 0.25) is 0 Å². The molecule has 0 unspecified atom stereocenters. The van der Waals surface area contributed by atoms with Gasteiger partial charge in [0.05, 0.1) is 13.2 Å². The fraction of sp³-hybridized carbons (Fsp3) is 1.00. The second-order valence-electron chi connectivity index (χ2n) is 4.05. The lowest BCUT2D eigenvalue weighted by molar-refractivity contribution is -0.146. The molecule has 0 heterocycles. The zero-order valence-electron chi connectivity index (χ0n) is 9.69. The van der Waals surface area contributed by atoms with E-state index >= 15 is 0 Å². The van der Waals surface area contributed by atoms with Gasteiger partial charge in [-0.25, -0.2) is 0 Å². The van der Waals surface area contributed by atoms with Crippen molar-refractivity contribution in [1.82, 2.24) is 4.90 Å². The van der Waals surface area contributed by atoms with Gasteiger partial charge in [0.25, 0.3) is 0 Å². The van der Waals surface area contributed by atoms with Crippen molar-refractivity contribution in [2.45, 2.75) is 20.0 Å². The molecule has 98 valence electrons. The topological polar surface area (TPSA) is 12.5 Å². The molecule has 0 fully saturated rings. The zero-order valence-corrected chi connectivity index (χ0v) is 11.3. The molecule has 0 bridgehead atoms. The van der Waals surface area contributed by atoms with Crippen LogP contribution in [0.3, 0.4) is 0 Å². The van der Waals surface area contributed by atoms with Crippen LogP contribution in [0, 0.1) is 5.92 Å². The molecule has 0 aromatic carbocycles. The van der Waals surface area contributed by atoms with Crippen LogP contribution in [0.1, 0.15) is 13.8 Å². The van der Waals surface area contributed by atoms with E-state index in [1.165, 1.54) is 4.90 Å². The molecule has 0 N–H and O–H groups in total. The van der Waals surface area contributed by atoms with E-state index in [0.717, 1.165) is 0 Å². The quantitative estimate of drug-likeness (QED) is 0.505. The van der Waals surface area contributed by atoms with Crippen molar-refractivity contribution in [2.75, 3.05) is 38.2 Å². The summed E-state index contributed by atoms with van der Waals surface area (Å²) in [6.45, 7) is 4.78. The number of hydrogen-bond donors (Lipinski definition) is 0. The molecule has 16 heavy (non-hydrogen) atoms. The highest BCUT2D eigenvalue weighted by Gasteiger charge is 2.30. The largest absolute Gasteiger partial charge is 0.401 e. The first kappa shape index (κ1) is 16.2. The molecular formula is C10H19BrF3NO. The predicted octanol–water partition coefficient (Wildman–Crippen LogP) is 2.92. The molecule has 0 radical (unpaired) electrons. The van der Waals surface area contributed by atoms with Crippen LogP contribution >= 0.6 is 15.9 Å². The Labute approximate surface area is 103 Å². The van der Waals surface area contributed by atoms with Gasteiger partial charge in [0.15, 0.2) is 0 Å². The third-order valence-electron chi connectivity index (χ3n) is 1.81. The smallest absolute Gasteiger partial charge is 0.380 e. The van der Waals surface area contributed by atoms with Gasteiger partial charge in [-0.15, -0.1) is 0 Å². The SMILES string of the molecule is CC(C)COCCN(CCBr)CC(F)(F)F. The van der Waals surface area contributed by atoms with Gasteiger partial charge in [-0.1, -0.05) is 29.8 Å². The molecule has 0 rings (SSSR count). The summed E-state index contributed by atoms with van der Waals surface area (Å²) < 4.78 is 41.8. The minimum absolute atomic E-state index is 0.317. The van der Waals surface area contributed by atoms with Crippen LogP contribution in [0.4, 0.5) is 13.2 Å². The van der Waals surface area contributed by atoms with E-state index in [4.69, 9.17) is 4.74 Å². The van der Waals surface area contributed by atoms with Crippen molar-refractivity contribution in [1.29, 1.82) is 0 Å². The molecule has 0 saturated carbocycles. The number of alkyl halides is 4. The zero-order chi connectivity index (χ0) is 12.6. The molecule has 0 spiro atoms. The van der Waals surface area contributed by atoms with E-state index in [2.05, 4.69) is 15.9 Å². The van der Waals surface area contributed by atoms with Crippen LogP contribution in [-0.4, -0.2) is 49.3 Å². The van der Waals surface area contributed by atoms with E-state index < -0.39 is 12.7 Å². The molecule has 6 heteroatoms. The van der Waals surface area contributed by atoms with Gasteiger partial charge >= 0.3 is 6.18 Å². The first-order valence-electron chi connectivity index (χ1n) is 5.28. The maximum atomic E-state index is 12.2. The molecule has 0 aliphatic carbocycles. The van der Waals surface area contributed by atoms with E-state index in [1.54, 1.807) is 0 Å². The fourth-order valence-electron chi connectivity index (χ4n) is 1.16. The lowest BCUT2D eigenvalue weighted by atomic mass is 10.2. The maximum absolute atomic E-state index is 12.2. The van der Waals surface area contributed by atoms with Crippen molar-refractivity contribution in [2.24, 2.45) is 5.92 Å². The van der Waals surface area contributed by atoms with Crippen molar-refractivity contribution in [3.8, 4) is 0 Å². The Morgan fingerprint density at radius 1 is 1.25 bits per heavy atom. The minimum Gasteiger partial charge on any atom is -0.380 e. The standard InChI is InChI=1S/C10H19BrF3NO/c1-9(2)7-16-6-5-15(4-3-11)8-10(12,13)14/h9H,3-8H2,1-2H3. The minimum atomic E-state index is -4.14. The van der Waals surface area contributed by atoms with Crippen LogP contribution < -0.4 is 0 Å². The average Bonchev–Trinajstić information content (AvgIpc) is 2.09. The summed E-state index contributed by atoms with van der Waals surface area (Å²) in [5.74, 6) is 0.409. The Bertz CT molecular complexity index is 176. The van der Waals surface area contributed by atoms with Crippen molar-refractivity contribution in [3.05, 3.63) is 0 Å². The summed E-state index contributed by atoms with van der Waals surface area (Å²) in [5.41, 5.74) is 0. The summed E-state index contributed by atoms with van der Waals surface area (Å²) in [6.07, 6.45) is -4.14. The predicted molar refractivity (Wildman–Crippen MR) is 61.9 cm³/mol. The maximum Gasteiger partial charge on any atom is 0.401 e. The number of rotatable bonds is 8. The summed E-state index contributed by atoms with van der Waals surface area (Å²) in [4.78, 5) is 1.34. The lowest BCUT2D eigenvalue weighted by Gasteiger charge is -2.22. The molecule has 0 aromatic heterocycles. The molecule has 2 nitrogen and oxygen atoms in total. The Balaban J connectivity index is 3.76. The van der Waals surface area contributed by atoms with Gasteiger partial charge in [0.1, 0.15) is 0 Å². The lowest BCUT2D eigenvalue weighted by Crippen LogP contribution is -2.37. The summed E-state index contributed by atoms with van der Waals surface area (Å²) in [6, 6.07) is 0. The van der Waals surface area contributed by atoms with Crippen LogP contribution in [0.15, 0.2) is 0 Å². The Morgan fingerprint density at radius 2 is 1.88 bits per heavy atom. The highest BCUT2D eigenvalue weighted by Crippen LogP contribution is 2.16. The van der Waals surface area contributed by atoms with Crippen LogP contribution in [0.5, 0.6) is 0 Å². The van der Waals surface area contributed by atoms with E-state index in [9.17, 15) is 13.2 Å². The number of ether oxygens (including phenoxy) is 1. The van der Waals surface area contributed by atoms with Crippen molar-refractivity contribution >= 4 is 15.9 Å². The molecule has 0 saturated heterocycles. The van der Waals surface area contributed by atoms with Gasteiger partial charge < -0.3 is 4.74 Å². The monoisotopic (exact) mass is 305 g/mol. The molecule has 0 aliphatic rings. The van der Waals surface area contributed by atoms with Gasteiger partial charge in [-0.05, 0) is 5.92 Å². The van der Waals surface area contributed by atoms with E-state index in [-0.39, 0.29) is 0 Å². The number of hydrogen-bond acceptors (Lipinski definition) is 2. The normalized spacial score (nSPS) is 12.8. The van der Waals surface area contributed by atoms with Gasteiger partial charge in [0, 0.05) is 25.0 Å². The van der Waals surface area contributed by atoms with Crippen LogP contribution in [0.2, 0.25) is 0 Å². The summed E-state index contributed by atoms with van der Waals surface area (Å²) in [5, 5.41) is 0.535. The highest BCUT2D eigenvalue weighted by atomic mass is 79.9. The van der Waals surface area contributed by atoms with E-state index in [0.29, 0.717) is 37.6 Å². The third kappa shape index (κ3) is 10.7. The van der Waals surface area contributed by atoms with Gasteiger partial charge in [-0.2, -0.15) is 13.2 Å². The Morgan fingerprint density at radius 3 is 2.31 bits per heavy atom. The number of halogens is 4. The highest BCUT2D eigenvalue weighted by molar-refractivity contribution is 9.09. The van der Waals surface area contributed by atoms with Crippen molar-refractivity contribution in [3.63, 3.8) is 0 Å². The number of nitrogens with zero attached hydrogens (tertiary/aromatic N) is 1. The Kier molecular flexibility index (Phi) is 8.40. The first-order chi connectivity index (χ1) is 7.35. The summed E-state index contributed by atoms with van der Waals surface area (Å²) in [7, 11) is 0. The van der Waals surface area contributed by atoms with Crippen LogP contribution in [-0.2, 0) is 4.74 Å². The Hall–Kier alpha value is 0.190. The third-order valence-corrected chi connectivity index (χ3v) is 2.16. The molecule has 0 aromatic rings. The molecular weight excluding hydrogens is 287 g/mol. The molecule has 0 aliphatic heterocycles. The average molecular weight is 306 g/mol. The van der Waals surface area contributed by atoms with Crippen LogP contribution in [0.25, 0.3) is 0 Å². The molecule has 0 atom stereocenters. The molecule has 0 amide bonds. The summed E-state index contributed by atoms with van der Waals surface area (Å²) >= 11 is 3.14. The fourth-order valence-corrected chi connectivity index (χ4v) is 1.66. The second-order valence-corrected chi connectivity index (χ2v) is 4.84.